The van der Waals surface area contributed by atoms with Crippen LogP contribution >= 0.6 is 0 Å². The van der Waals surface area contributed by atoms with Crippen LogP contribution in [0.1, 0.15) is 11.1 Å². The molecule has 0 saturated heterocycles. The van der Waals surface area contributed by atoms with Crippen molar-refractivity contribution in [3.8, 4) is 0 Å². The second-order valence-electron chi connectivity index (χ2n) is 3.39. The van der Waals surface area contributed by atoms with Gasteiger partial charge >= 0.3 is 0 Å². The summed E-state index contributed by atoms with van der Waals surface area (Å²) in [5, 5.41) is 2.34. The molecule has 1 heterocycles. The van der Waals surface area contributed by atoms with Gasteiger partial charge in [-0.05, 0) is 42.3 Å². The first kappa shape index (κ1) is 9.59. The highest BCUT2D eigenvalue weighted by atomic mass is 14.6. The molecule has 2 nitrogen and oxygen atoms in total. The van der Waals surface area contributed by atoms with Crippen molar-refractivity contribution >= 4 is 23.6 Å². The highest BCUT2D eigenvalue weighted by molar-refractivity contribution is 5.91. The van der Waals surface area contributed by atoms with E-state index < -0.39 is 0 Å². The molecule has 15 heavy (non-hydrogen) atoms. The quantitative estimate of drug-likeness (QED) is 0.677. The summed E-state index contributed by atoms with van der Waals surface area (Å²) >= 11 is 0. The van der Waals surface area contributed by atoms with Crippen molar-refractivity contribution in [2.45, 2.75) is 6.92 Å². The fraction of sp³-hybridized carbons (Fsp3) is 0.0769. The summed E-state index contributed by atoms with van der Waals surface area (Å²) in [5.74, 6) is 0. The molecule has 2 aromatic rings. The van der Waals surface area contributed by atoms with Gasteiger partial charge in [0.1, 0.15) is 0 Å². The highest BCUT2D eigenvalue weighted by Gasteiger charge is 2.00. The molecule has 1 aromatic heterocycles. The lowest BCUT2D eigenvalue weighted by Gasteiger charge is -2.04. The fourth-order valence-corrected chi connectivity index (χ4v) is 1.64. The van der Waals surface area contributed by atoms with Gasteiger partial charge in [0.25, 0.3) is 0 Å². The number of rotatable bonds is 2. The van der Waals surface area contributed by atoms with Gasteiger partial charge in [-0.15, -0.1) is 0 Å². The van der Waals surface area contributed by atoms with Gasteiger partial charge in [-0.1, -0.05) is 12.1 Å². The number of aliphatic imine (C=N–C) groups is 1. The maximum atomic E-state index is 4.14. The molecular weight excluding hydrogens is 184 g/mol. The molecular formula is C13H12N2. The SMILES string of the molecule is C=N/C=C\c1c(C)ccc2ccncc12. The van der Waals surface area contributed by atoms with Gasteiger partial charge in [0.05, 0.1) is 0 Å². The van der Waals surface area contributed by atoms with E-state index >= 15 is 0 Å². The van der Waals surface area contributed by atoms with E-state index in [9.17, 15) is 0 Å². The van der Waals surface area contributed by atoms with Gasteiger partial charge in [-0.2, -0.15) is 0 Å². The molecule has 0 radical (unpaired) electrons. The molecule has 0 unspecified atom stereocenters. The zero-order chi connectivity index (χ0) is 10.7. The second-order valence-corrected chi connectivity index (χ2v) is 3.39. The summed E-state index contributed by atoms with van der Waals surface area (Å²) in [6.07, 6.45) is 7.35. The Kier molecular flexibility index (Phi) is 2.59. The molecule has 0 atom stereocenters. The lowest BCUT2D eigenvalue weighted by Crippen LogP contribution is -1.84. The first-order chi connectivity index (χ1) is 7.33. The van der Waals surface area contributed by atoms with Gasteiger partial charge < -0.3 is 0 Å². The molecule has 0 bridgehead atoms. The maximum absolute atomic E-state index is 4.14. The van der Waals surface area contributed by atoms with E-state index in [1.807, 2.05) is 18.3 Å². The van der Waals surface area contributed by atoms with Crippen LogP contribution in [0.25, 0.3) is 16.8 Å². The smallest absolute Gasteiger partial charge is 0.0352 e. The number of aryl methyl sites for hydroxylation is 1. The lowest BCUT2D eigenvalue weighted by molar-refractivity contribution is 1.35. The van der Waals surface area contributed by atoms with Crippen molar-refractivity contribution in [1.82, 2.24) is 4.98 Å². The van der Waals surface area contributed by atoms with Crippen LogP contribution < -0.4 is 0 Å². The molecule has 0 spiro atoms. The van der Waals surface area contributed by atoms with Crippen LogP contribution in [-0.2, 0) is 0 Å². The van der Waals surface area contributed by atoms with Gasteiger partial charge in [-0.3, -0.25) is 9.98 Å². The van der Waals surface area contributed by atoms with Crippen molar-refractivity contribution in [1.29, 1.82) is 0 Å². The third-order valence-electron chi connectivity index (χ3n) is 2.43. The monoisotopic (exact) mass is 196 g/mol. The molecule has 2 rings (SSSR count). The number of hydrogen-bond donors (Lipinski definition) is 0. The lowest BCUT2D eigenvalue weighted by atomic mass is 10.0. The van der Waals surface area contributed by atoms with Crippen molar-refractivity contribution < 1.29 is 0 Å². The van der Waals surface area contributed by atoms with Crippen LogP contribution in [-0.4, -0.2) is 11.7 Å². The number of fused-ring (bicyclic) bond motifs is 1. The average Bonchev–Trinajstić information content (AvgIpc) is 2.28. The fourth-order valence-electron chi connectivity index (χ4n) is 1.64. The molecule has 0 aliphatic heterocycles. The van der Waals surface area contributed by atoms with Crippen molar-refractivity contribution in [3.05, 3.63) is 47.9 Å². The zero-order valence-corrected chi connectivity index (χ0v) is 8.64. The van der Waals surface area contributed by atoms with Crippen molar-refractivity contribution in [2.75, 3.05) is 0 Å². The maximum Gasteiger partial charge on any atom is 0.0352 e. The Hall–Kier alpha value is -1.96. The Bertz CT molecular complexity index is 527. The molecule has 1 aromatic carbocycles. The van der Waals surface area contributed by atoms with E-state index in [2.05, 4.69) is 35.8 Å². The minimum atomic E-state index is 1.15. The molecule has 2 heteroatoms. The Morgan fingerprint density at radius 2 is 2.20 bits per heavy atom. The molecule has 0 amide bonds. The van der Waals surface area contributed by atoms with E-state index in [-0.39, 0.29) is 0 Å². The van der Waals surface area contributed by atoms with Crippen molar-refractivity contribution in [2.24, 2.45) is 4.99 Å². The van der Waals surface area contributed by atoms with Crippen LogP contribution in [0.3, 0.4) is 0 Å². The van der Waals surface area contributed by atoms with E-state index in [1.54, 1.807) is 12.4 Å². The first-order valence-electron chi connectivity index (χ1n) is 4.78. The van der Waals surface area contributed by atoms with Gasteiger partial charge in [0.2, 0.25) is 0 Å². The van der Waals surface area contributed by atoms with E-state index in [0.29, 0.717) is 0 Å². The summed E-state index contributed by atoms with van der Waals surface area (Å²) in [5.41, 5.74) is 2.38. The zero-order valence-electron chi connectivity index (χ0n) is 8.64. The van der Waals surface area contributed by atoms with Crippen LogP contribution in [0.4, 0.5) is 0 Å². The number of benzene rings is 1. The molecule has 0 aliphatic rings. The molecule has 74 valence electrons. The topological polar surface area (TPSA) is 25.2 Å². The summed E-state index contributed by atoms with van der Waals surface area (Å²) in [6.45, 7) is 5.51. The predicted octanol–water partition coefficient (Wildman–Crippen LogP) is 3.21. The standard InChI is InChI=1S/C13H12N2/c1-10-3-4-11-5-8-15-9-13(11)12(10)6-7-14-2/h3-9H,2H2,1H3/b7-6-. The van der Waals surface area contributed by atoms with E-state index in [0.717, 1.165) is 10.9 Å². The van der Waals surface area contributed by atoms with Crippen molar-refractivity contribution in [3.63, 3.8) is 0 Å². The molecule has 0 N–H and O–H groups in total. The molecule has 0 saturated carbocycles. The highest BCUT2D eigenvalue weighted by Crippen LogP contribution is 2.22. The number of pyridine rings is 1. The predicted molar refractivity (Wildman–Crippen MR) is 65.1 cm³/mol. The van der Waals surface area contributed by atoms with E-state index in [1.165, 1.54) is 10.9 Å². The van der Waals surface area contributed by atoms with Crippen LogP contribution in [0.15, 0.2) is 41.8 Å². The number of hydrogen-bond acceptors (Lipinski definition) is 2. The largest absolute Gasteiger partial charge is 0.272 e. The van der Waals surface area contributed by atoms with Gasteiger partial charge in [-0.25, -0.2) is 0 Å². The number of nitrogens with zero attached hydrogens (tertiary/aromatic N) is 2. The van der Waals surface area contributed by atoms with Gasteiger partial charge in [0.15, 0.2) is 0 Å². The molecule has 0 fully saturated rings. The Balaban J connectivity index is 2.73. The molecule has 0 aliphatic carbocycles. The summed E-state index contributed by atoms with van der Waals surface area (Å²) in [6, 6.07) is 6.21. The first-order valence-corrected chi connectivity index (χ1v) is 4.78. The minimum absolute atomic E-state index is 1.15. The van der Waals surface area contributed by atoms with Crippen LogP contribution in [0.2, 0.25) is 0 Å². The Morgan fingerprint density at radius 3 is 3.00 bits per heavy atom. The third kappa shape index (κ3) is 1.79. The second kappa shape index (κ2) is 4.05. The van der Waals surface area contributed by atoms with Crippen LogP contribution in [0, 0.1) is 6.92 Å². The third-order valence-corrected chi connectivity index (χ3v) is 2.43. The minimum Gasteiger partial charge on any atom is -0.272 e. The van der Waals surface area contributed by atoms with Gasteiger partial charge in [0, 0.05) is 24.0 Å². The van der Waals surface area contributed by atoms with E-state index in [4.69, 9.17) is 0 Å². The summed E-state index contributed by atoms with van der Waals surface area (Å²) < 4.78 is 0. The Morgan fingerprint density at radius 1 is 1.33 bits per heavy atom. The van der Waals surface area contributed by atoms with Crippen LogP contribution in [0.5, 0.6) is 0 Å². The normalized spacial score (nSPS) is 11.0. The summed E-state index contributed by atoms with van der Waals surface area (Å²) in [7, 11) is 0. The average molecular weight is 196 g/mol. The summed E-state index contributed by atoms with van der Waals surface area (Å²) in [4.78, 5) is 7.87. The Labute approximate surface area is 89.0 Å². The number of aromatic nitrogens is 1.